The molecule has 0 bridgehead atoms. The number of imide groups is 1. The number of likely N-dealkylation sites (tertiary alicyclic amines) is 1. The number of rotatable bonds is 3. The molecule has 3 aliphatic rings. The van der Waals surface area contributed by atoms with E-state index in [0.717, 1.165) is 22.4 Å². The third-order valence-electron chi connectivity index (χ3n) is 6.18. The fourth-order valence-electron chi connectivity index (χ4n) is 4.74. The minimum Gasteiger partial charge on any atom is -0.383 e. The number of hydrogen-bond acceptors (Lipinski definition) is 5. The van der Waals surface area contributed by atoms with Crippen LogP contribution >= 0.6 is 0 Å². The minimum atomic E-state index is -1.19. The molecule has 0 aromatic heterocycles. The van der Waals surface area contributed by atoms with Crippen LogP contribution in [0.4, 0.5) is 5.69 Å². The van der Waals surface area contributed by atoms with E-state index in [1.807, 2.05) is 32.9 Å². The SMILES string of the molecule is COCCN1C(=O)[C@@H]2[C@H](C)N[C@]3(C(=O)Nc4c3ccc(C)c4C)[C@@H]2C1=O. The van der Waals surface area contributed by atoms with Crippen LogP contribution in [0.25, 0.3) is 0 Å². The van der Waals surface area contributed by atoms with Crippen LogP contribution in [0.1, 0.15) is 23.6 Å². The highest BCUT2D eigenvalue weighted by molar-refractivity contribution is 6.15. The van der Waals surface area contributed by atoms with Crippen LogP contribution in [0, 0.1) is 25.7 Å². The molecule has 7 heteroatoms. The molecule has 2 fully saturated rings. The van der Waals surface area contributed by atoms with Gasteiger partial charge in [0, 0.05) is 24.4 Å². The van der Waals surface area contributed by atoms with Crippen LogP contribution in [0.5, 0.6) is 0 Å². The van der Waals surface area contributed by atoms with Crippen LogP contribution in [-0.4, -0.2) is 48.9 Å². The number of hydrogen-bond donors (Lipinski definition) is 2. The number of ether oxygens (including phenoxy) is 1. The summed E-state index contributed by atoms with van der Waals surface area (Å²) in [6, 6.07) is 3.58. The first-order valence-electron chi connectivity index (χ1n) is 8.88. The molecular formula is C19H23N3O4. The fourth-order valence-corrected chi connectivity index (χ4v) is 4.74. The lowest BCUT2D eigenvalue weighted by Crippen LogP contribution is -2.53. The van der Waals surface area contributed by atoms with E-state index in [0.29, 0.717) is 0 Å². The Bertz CT molecular complexity index is 836. The highest BCUT2D eigenvalue weighted by atomic mass is 16.5. The van der Waals surface area contributed by atoms with E-state index in [9.17, 15) is 14.4 Å². The Balaban J connectivity index is 1.85. The van der Waals surface area contributed by atoms with E-state index >= 15 is 0 Å². The largest absolute Gasteiger partial charge is 0.383 e. The number of anilines is 1. The number of nitrogens with one attached hydrogen (secondary N) is 2. The molecule has 7 nitrogen and oxygen atoms in total. The van der Waals surface area contributed by atoms with Crippen LogP contribution in [0.15, 0.2) is 12.1 Å². The summed E-state index contributed by atoms with van der Waals surface area (Å²) < 4.78 is 5.03. The molecule has 0 radical (unpaired) electrons. The molecule has 1 spiro atoms. The molecule has 0 unspecified atom stereocenters. The van der Waals surface area contributed by atoms with E-state index in [1.165, 1.54) is 12.0 Å². The summed E-state index contributed by atoms with van der Waals surface area (Å²) in [5.74, 6) is -2.05. The van der Waals surface area contributed by atoms with Gasteiger partial charge in [0.1, 0.15) is 5.54 Å². The minimum absolute atomic E-state index is 0.214. The zero-order valence-corrected chi connectivity index (χ0v) is 15.4. The van der Waals surface area contributed by atoms with Gasteiger partial charge in [-0.05, 0) is 31.9 Å². The molecule has 0 saturated carbocycles. The highest BCUT2D eigenvalue weighted by Gasteiger charge is 2.69. The average molecular weight is 357 g/mol. The van der Waals surface area contributed by atoms with Crippen molar-refractivity contribution >= 4 is 23.4 Å². The summed E-state index contributed by atoms with van der Waals surface area (Å²) in [6.07, 6.45) is 0. The van der Waals surface area contributed by atoms with Crippen molar-refractivity contribution in [3.8, 4) is 0 Å². The third kappa shape index (κ3) is 1.92. The van der Waals surface area contributed by atoms with Crippen LogP contribution in [0.2, 0.25) is 0 Å². The normalized spacial score (nSPS) is 32.4. The molecule has 2 N–H and O–H groups in total. The molecule has 138 valence electrons. The third-order valence-corrected chi connectivity index (χ3v) is 6.18. The highest BCUT2D eigenvalue weighted by Crippen LogP contribution is 2.53. The van der Waals surface area contributed by atoms with Crippen LogP contribution < -0.4 is 10.6 Å². The van der Waals surface area contributed by atoms with Crippen LogP contribution in [-0.2, 0) is 24.7 Å². The van der Waals surface area contributed by atoms with Crippen LogP contribution in [0.3, 0.4) is 0 Å². The van der Waals surface area contributed by atoms with Crippen molar-refractivity contribution < 1.29 is 19.1 Å². The Morgan fingerprint density at radius 2 is 1.92 bits per heavy atom. The predicted molar refractivity (Wildman–Crippen MR) is 94.4 cm³/mol. The number of benzene rings is 1. The van der Waals surface area contributed by atoms with Crippen molar-refractivity contribution in [3.05, 3.63) is 28.8 Å². The van der Waals surface area contributed by atoms with E-state index in [4.69, 9.17) is 4.74 Å². The van der Waals surface area contributed by atoms with Gasteiger partial charge in [-0.25, -0.2) is 0 Å². The smallest absolute Gasteiger partial charge is 0.250 e. The lowest BCUT2D eigenvalue weighted by atomic mass is 9.76. The first kappa shape index (κ1) is 17.2. The van der Waals surface area contributed by atoms with Gasteiger partial charge in [-0.3, -0.25) is 24.6 Å². The van der Waals surface area contributed by atoms with Crippen molar-refractivity contribution in [2.45, 2.75) is 32.4 Å². The Morgan fingerprint density at radius 1 is 1.19 bits per heavy atom. The van der Waals surface area contributed by atoms with Crippen molar-refractivity contribution in [1.82, 2.24) is 10.2 Å². The molecule has 2 saturated heterocycles. The Hall–Kier alpha value is -2.25. The number of fused-ring (bicyclic) bond motifs is 4. The standard InChI is InChI=1S/C19H23N3O4/c1-9-5-6-12-15(10(9)2)20-18(25)19(12)14-13(11(3)21-19)16(23)22(17(14)24)7-8-26-4/h5-6,11,13-14,21H,7-8H2,1-4H3,(H,20,25)/t11-,13+,14-,19-/m0/s1. The first-order chi connectivity index (χ1) is 12.3. The summed E-state index contributed by atoms with van der Waals surface area (Å²) in [5.41, 5.74) is 2.38. The van der Waals surface area contributed by atoms with Gasteiger partial charge in [-0.1, -0.05) is 12.1 Å². The number of carbonyl (C=O) groups is 3. The summed E-state index contributed by atoms with van der Waals surface area (Å²) in [4.78, 5) is 40.4. The van der Waals surface area contributed by atoms with Gasteiger partial charge >= 0.3 is 0 Å². The van der Waals surface area contributed by atoms with Gasteiger partial charge in [0.2, 0.25) is 17.7 Å². The second kappa shape index (κ2) is 5.62. The van der Waals surface area contributed by atoms with Crippen molar-refractivity contribution in [1.29, 1.82) is 0 Å². The Kier molecular flexibility index (Phi) is 3.71. The number of methoxy groups -OCH3 is 1. The molecule has 4 rings (SSSR count). The topological polar surface area (TPSA) is 87.7 Å². The lowest BCUT2D eigenvalue weighted by molar-refractivity contribution is -0.143. The quantitative estimate of drug-likeness (QED) is 0.777. The molecule has 1 aromatic rings. The number of nitrogens with zero attached hydrogens (tertiary/aromatic N) is 1. The molecule has 0 aliphatic carbocycles. The van der Waals surface area contributed by atoms with Gasteiger partial charge in [-0.15, -0.1) is 0 Å². The zero-order chi connectivity index (χ0) is 18.8. The summed E-state index contributed by atoms with van der Waals surface area (Å²) >= 11 is 0. The molecule has 1 aromatic carbocycles. The van der Waals surface area contributed by atoms with E-state index < -0.39 is 17.4 Å². The summed E-state index contributed by atoms with van der Waals surface area (Å²) in [5, 5.41) is 6.27. The molecule has 3 heterocycles. The van der Waals surface area contributed by atoms with Crippen molar-refractivity contribution in [2.24, 2.45) is 11.8 Å². The van der Waals surface area contributed by atoms with Crippen molar-refractivity contribution in [3.63, 3.8) is 0 Å². The zero-order valence-electron chi connectivity index (χ0n) is 15.4. The number of amides is 3. The fraction of sp³-hybridized carbons (Fsp3) is 0.526. The molecule has 3 aliphatic heterocycles. The van der Waals surface area contributed by atoms with Gasteiger partial charge in [0.05, 0.1) is 25.0 Å². The Labute approximate surface area is 152 Å². The van der Waals surface area contributed by atoms with Gasteiger partial charge in [0.25, 0.3) is 0 Å². The monoisotopic (exact) mass is 357 g/mol. The second-order valence-corrected chi connectivity index (χ2v) is 7.45. The van der Waals surface area contributed by atoms with Gasteiger partial charge < -0.3 is 10.1 Å². The average Bonchev–Trinajstić information content (AvgIpc) is 3.16. The maximum atomic E-state index is 13.1. The predicted octanol–water partition coefficient (Wildman–Crippen LogP) is 0.690. The maximum absolute atomic E-state index is 13.1. The van der Waals surface area contributed by atoms with E-state index in [2.05, 4.69) is 10.6 Å². The second-order valence-electron chi connectivity index (χ2n) is 7.45. The molecule has 3 amide bonds. The lowest BCUT2D eigenvalue weighted by Gasteiger charge is -2.29. The molecular weight excluding hydrogens is 334 g/mol. The van der Waals surface area contributed by atoms with Gasteiger partial charge in [0.15, 0.2) is 0 Å². The summed E-state index contributed by atoms with van der Waals surface area (Å²) in [7, 11) is 1.53. The van der Waals surface area contributed by atoms with E-state index in [1.54, 1.807) is 0 Å². The molecule has 4 atom stereocenters. The Morgan fingerprint density at radius 3 is 2.62 bits per heavy atom. The first-order valence-corrected chi connectivity index (χ1v) is 8.88. The number of aryl methyl sites for hydroxylation is 1. The molecule has 26 heavy (non-hydrogen) atoms. The maximum Gasteiger partial charge on any atom is 0.250 e. The number of carbonyl (C=O) groups excluding carboxylic acids is 3. The van der Waals surface area contributed by atoms with Crippen molar-refractivity contribution in [2.75, 3.05) is 25.6 Å². The van der Waals surface area contributed by atoms with E-state index in [-0.39, 0.29) is 36.9 Å². The van der Waals surface area contributed by atoms with Gasteiger partial charge in [-0.2, -0.15) is 0 Å². The summed E-state index contributed by atoms with van der Waals surface area (Å²) in [6.45, 7) is 6.30.